The molecule has 98 valence electrons. The van der Waals surface area contributed by atoms with E-state index in [1.807, 2.05) is 18.2 Å². The molecule has 0 saturated carbocycles. The molecule has 1 aromatic carbocycles. The third kappa shape index (κ3) is 4.01. The molecule has 0 aromatic heterocycles. The Bertz CT molecular complexity index is 424. The number of nitrogens with zero attached hydrogens (tertiary/aromatic N) is 3. The molecule has 0 saturated heterocycles. The van der Waals surface area contributed by atoms with Gasteiger partial charge in [-0.25, -0.2) is 0 Å². The van der Waals surface area contributed by atoms with Gasteiger partial charge in [0.15, 0.2) is 0 Å². The van der Waals surface area contributed by atoms with Gasteiger partial charge in [-0.1, -0.05) is 13.0 Å². The van der Waals surface area contributed by atoms with Crippen LogP contribution < -0.4 is 4.90 Å². The molecule has 0 N–H and O–H groups in total. The highest BCUT2D eigenvalue weighted by Crippen LogP contribution is 2.27. The first-order valence-corrected chi connectivity index (χ1v) is 6.97. The van der Waals surface area contributed by atoms with E-state index >= 15 is 0 Å². The Labute approximate surface area is 118 Å². The summed E-state index contributed by atoms with van der Waals surface area (Å²) in [7, 11) is 4.13. The maximum atomic E-state index is 9.28. The number of anilines is 1. The van der Waals surface area contributed by atoms with Crippen molar-refractivity contribution in [3.63, 3.8) is 0 Å². The van der Waals surface area contributed by atoms with Crippen LogP contribution >= 0.6 is 15.9 Å². The van der Waals surface area contributed by atoms with Crippen LogP contribution in [0.15, 0.2) is 22.7 Å². The van der Waals surface area contributed by atoms with E-state index in [9.17, 15) is 5.26 Å². The lowest BCUT2D eigenvalue weighted by Crippen LogP contribution is -2.32. The molecule has 0 heterocycles. The average Bonchev–Trinajstić information content (AvgIpc) is 2.34. The fourth-order valence-electron chi connectivity index (χ4n) is 1.83. The van der Waals surface area contributed by atoms with Gasteiger partial charge in [0.25, 0.3) is 0 Å². The van der Waals surface area contributed by atoms with E-state index in [0.29, 0.717) is 0 Å². The van der Waals surface area contributed by atoms with Crippen LogP contribution in [0.1, 0.15) is 18.9 Å². The first kappa shape index (κ1) is 15.0. The summed E-state index contributed by atoms with van der Waals surface area (Å²) in [5, 5.41) is 9.28. The van der Waals surface area contributed by atoms with Gasteiger partial charge >= 0.3 is 0 Å². The Hall–Kier alpha value is -1.05. The number of nitriles is 1. The molecule has 3 nitrogen and oxygen atoms in total. The molecule has 1 aromatic rings. The van der Waals surface area contributed by atoms with Gasteiger partial charge in [-0.15, -0.1) is 0 Å². The highest BCUT2D eigenvalue weighted by molar-refractivity contribution is 9.10. The summed E-state index contributed by atoms with van der Waals surface area (Å²) in [5.74, 6) is 0. The van der Waals surface area contributed by atoms with Crippen molar-refractivity contribution >= 4 is 21.6 Å². The Morgan fingerprint density at radius 3 is 2.50 bits per heavy atom. The minimum absolute atomic E-state index is 0.727. The fraction of sp³-hybridized carbons (Fsp3) is 0.500. The summed E-state index contributed by atoms with van der Waals surface area (Å²) in [5.41, 5.74) is 1.75. The number of benzene rings is 1. The first-order valence-electron chi connectivity index (χ1n) is 6.18. The zero-order valence-electron chi connectivity index (χ0n) is 11.3. The number of rotatable bonds is 6. The lowest BCUT2D eigenvalue weighted by atomic mass is 10.1. The topological polar surface area (TPSA) is 30.3 Å². The van der Waals surface area contributed by atoms with Crippen LogP contribution in [-0.2, 0) is 0 Å². The normalized spacial score (nSPS) is 10.4. The van der Waals surface area contributed by atoms with Crippen LogP contribution in [0.4, 0.5) is 5.69 Å². The molecular weight excluding hydrogens is 290 g/mol. The molecule has 4 heteroatoms. The maximum Gasteiger partial charge on any atom is 0.103 e. The van der Waals surface area contributed by atoms with Gasteiger partial charge < -0.3 is 9.80 Å². The molecule has 0 amide bonds. The van der Waals surface area contributed by atoms with Crippen molar-refractivity contribution in [3.05, 3.63) is 28.2 Å². The molecule has 0 atom stereocenters. The lowest BCUT2D eigenvalue weighted by Gasteiger charge is -2.27. The van der Waals surface area contributed by atoms with Crippen molar-refractivity contribution < 1.29 is 0 Å². The largest absolute Gasteiger partial charge is 0.369 e. The molecule has 1 rings (SSSR count). The molecule has 0 aliphatic heterocycles. The maximum absolute atomic E-state index is 9.28. The number of hydrogen-bond donors (Lipinski definition) is 0. The van der Waals surface area contributed by atoms with Crippen LogP contribution in [0.25, 0.3) is 0 Å². The summed E-state index contributed by atoms with van der Waals surface area (Å²) < 4.78 is 0.869. The molecule has 0 fully saturated rings. The van der Waals surface area contributed by atoms with E-state index in [1.165, 1.54) is 0 Å². The molecule has 0 spiro atoms. The Morgan fingerprint density at radius 1 is 1.22 bits per heavy atom. The molecule has 0 unspecified atom stereocenters. The predicted octanol–water partition coefficient (Wildman–Crippen LogP) is 3.10. The highest BCUT2D eigenvalue weighted by atomic mass is 79.9. The van der Waals surface area contributed by atoms with Crippen LogP contribution in [-0.4, -0.2) is 38.6 Å². The molecular formula is C14H20BrN3. The zero-order valence-corrected chi connectivity index (χ0v) is 12.9. The highest BCUT2D eigenvalue weighted by Gasteiger charge is 2.12. The molecule has 0 radical (unpaired) electrons. The Morgan fingerprint density at radius 2 is 1.94 bits per heavy atom. The zero-order chi connectivity index (χ0) is 13.5. The van der Waals surface area contributed by atoms with Crippen LogP contribution in [0, 0.1) is 11.3 Å². The second-order valence-electron chi connectivity index (χ2n) is 4.54. The second kappa shape index (κ2) is 7.40. The van der Waals surface area contributed by atoms with Gasteiger partial charge in [0.2, 0.25) is 0 Å². The van der Waals surface area contributed by atoms with Gasteiger partial charge in [-0.3, -0.25) is 0 Å². The van der Waals surface area contributed by atoms with E-state index in [1.54, 1.807) is 0 Å². The van der Waals surface area contributed by atoms with Crippen molar-refractivity contribution in [3.8, 4) is 6.07 Å². The average molecular weight is 310 g/mol. The van der Waals surface area contributed by atoms with Crippen LogP contribution in [0.2, 0.25) is 0 Å². The third-order valence-corrected chi connectivity index (χ3v) is 3.42. The smallest absolute Gasteiger partial charge is 0.103 e. The third-order valence-electron chi connectivity index (χ3n) is 2.75. The van der Waals surface area contributed by atoms with Gasteiger partial charge in [-0.2, -0.15) is 5.26 Å². The second-order valence-corrected chi connectivity index (χ2v) is 5.39. The standard InChI is InChI=1S/C14H20BrN3/c1-4-8-18(10-9-17(2)3)14-7-5-6-13(15)12(14)11-16/h5-7H,4,8-10H2,1-3H3. The SMILES string of the molecule is CCCN(CCN(C)C)c1cccc(Br)c1C#N. The van der Waals surface area contributed by atoms with Gasteiger partial charge in [-0.05, 0) is 48.6 Å². The van der Waals surface area contributed by atoms with Crippen molar-refractivity contribution in [2.24, 2.45) is 0 Å². The summed E-state index contributed by atoms with van der Waals surface area (Å²) in [6.45, 7) is 5.05. The summed E-state index contributed by atoms with van der Waals surface area (Å²) >= 11 is 3.45. The molecule has 0 aliphatic carbocycles. The van der Waals surface area contributed by atoms with Crippen molar-refractivity contribution in [2.45, 2.75) is 13.3 Å². The summed E-state index contributed by atoms with van der Waals surface area (Å²) in [4.78, 5) is 4.44. The molecule has 0 bridgehead atoms. The minimum Gasteiger partial charge on any atom is -0.369 e. The number of likely N-dealkylation sites (N-methyl/N-ethyl adjacent to an activating group) is 1. The van der Waals surface area contributed by atoms with Crippen molar-refractivity contribution in [2.75, 3.05) is 38.6 Å². The van der Waals surface area contributed by atoms with E-state index in [0.717, 1.165) is 41.8 Å². The number of halogens is 1. The quantitative estimate of drug-likeness (QED) is 0.809. The fourth-order valence-corrected chi connectivity index (χ4v) is 2.27. The first-order chi connectivity index (χ1) is 8.60. The van der Waals surface area contributed by atoms with Crippen molar-refractivity contribution in [1.29, 1.82) is 5.26 Å². The Balaban J connectivity index is 2.98. The molecule has 0 aliphatic rings. The van der Waals surface area contributed by atoms with Gasteiger partial charge in [0.05, 0.1) is 11.3 Å². The van der Waals surface area contributed by atoms with E-state index in [4.69, 9.17) is 0 Å². The lowest BCUT2D eigenvalue weighted by molar-refractivity contribution is 0.413. The number of hydrogen-bond acceptors (Lipinski definition) is 3. The van der Waals surface area contributed by atoms with E-state index < -0.39 is 0 Å². The summed E-state index contributed by atoms with van der Waals surface area (Å²) in [6, 6.07) is 8.21. The Kier molecular flexibility index (Phi) is 6.17. The molecule has 18 heavy (non-hydrogen) atoms. The monoisotopic (exact) mass is 309 g/mol. The predicted molar refractivity (Wildman–Crippen MR) is 79.9 cm³/mol. The van der Waals surface area contributed by atoms with Crippen LogP contribution in [0.3, 0.4) is 0 Å². The van der Waals surface area contributed by atoms with Crippen molar-refractivity contribution in [1.82, 2.24) is 4.90 Å². The van der Waals surface area contributed by atoms with Gasteiger partial charge in [0.1, 0.15) is 6.07 Å². The van der Waals surface area contributed by atoms with E-state index in [-0.39, 0.29) is 0 Å². The minimum atomic E-state index is 0.727. The summed E-state index contributed by atoms with van der Waals surface area (Å²) in [6.07, 6.45) is 1.07. The van der Waals surface area contributed by atoms with Crippen LogP contribution in [0.5, 0.6) is 0 Å². The van der Waals surface area contributed by atoms with E-state index in [2.05, 4.69) is 52.8 Å². The van der Waals surface area contributed by atoms with Gasteiger partial charge in [0, 0.05) is 24.1 Å².